The second kappa shape index (κ2) is 7.64. The van der Waals surface area contributed by atoms with Gasteiger partial charge in [0.05, 0.1) is 28.8 Å². The topological polar surface area (TPSA) is 82.3 Å². The number of fused-ring (bicyclic) bond motifs is 1. The van der Waals surface area contributed by atoms with E-state index in [2.05, 4.69) is 25.5 Å². The van der Waals surface area contributed by atoms with Crippen molar-refractivity contribution in [1.82, 2.24) is 25.1 Å². The smallest absolute Gasteiger partial charge is 0.201 e. The average Bonchev–Trinajstić information content (AvgIpc) is 3.39. The zero-order valence-electron chi connectivity index (χ0n) is 16.6. The van der Waals surface area contributed by atoms with E-state index in [1.165, 1.54) is 12.1 Å². The SMILES string of the molecule is Cc1cccc(-c2[nH]c(NCc3ccc(F)cc3F)nc2-c2ccc3[nH]ncc3c2)n1. The van der Waals surface area contributed by atoms with Crippen LogP contribution in [-0.2, 0) is 6.54 Å². The summed E-state index contributed by atoms with van der Waals surface area (Å²) in [6.45, 7) is 2.08. The Balaban J connectivity index is 1.54. The number of pyridine rings is 1. The number of nitrogens with zero attached hydrogens (tertiary/aromatic N) is 3. The van der Waals surface area contributed by atoms with E-state index in [1.807, 2.05) is 43.3 Å². The van der Waals surface area contributed by atoms with Gasteiger partial charge in [-0.2, -0.15) is 5.10 Å². The minimum Gasteiger partial charge on any atom is -0.352 e. The molecule has 8 heteroatoms. The van der Waals surface area contributed by atoms with Crippen molar-refractivity contribution in [2.75, 3.05) is 5.32 Å². The van der Waals surface area contributed by atoms with Crippen molar-refractivity contribution in [2.24, 2.45) is 0 Å². The summed E-state index contributed by atoms with van der Waals surface area (Å²) in [5, 5.41) is 11.1. The Bertz CT molecular complexity index is 1390. The number of rotatable bonds is 5. The van der Waals surface area contributed by atoms with Gasteiger partial charge in [0.15, 0.2) is 0 Å². The third-order valence-electron chi connectivity index (χ3n) is 5.02. The van der Waals surface area contributed by atoms with E-state index in [0.717, 1.165) is 39.6 Å². The van der Waals surface area contributed by atoms with Gasteiger partial charge in [-0.15, -0.1) is 0 Å². The number of nitrogens with one attached hydrogen (secondary N) is 3. The van der Waals surface area contributed by atoms with Gasteiger partial charge in [0.2, 0.25) is 5.95 Å². The molecule has 154 valence electrons. The van der Waals surface area contributed by atoms with E-state index < -0.39 is 11.6 Å². The number of hydrogen-bond donors (Lipinski definition) is 3. The molecule has 0 aliphatic carbocycles. The second-order valence-electron chi connectivity index (χ2n) is 7.23. The molecule has 0 amide bonds. The van der Waals surface area contributed by atoms with E-state index in [0.29, 0.717) is 17.2 Å². The first-order chi connectivity index (χ1) is 15.1. The monoisotopic (exact) mass is 416 g/mol. The van der Waals surface area contributed by atoms with E-state index in [4.69, 9.17) is 4.98 Å². The van der Waals surface area contributed by atoms with Gasteiger partial charge in [0.1, 0.15) is 11.6 Å². The number of H-pyrrole nitrogens is 2. The molecule has 0 bridgehead atoms. The molecule has 5 rings (SSSR count). The summed E-state index contributed by atoms with van der Waals surface area (Å²) in [6.07, 6.45) is 1.76. The Morgan fingerprint density at radius 3 is 2.74 bits per heavy atom. The molecule has 0 atom stereocenters. The molecule has 3 heterocycles. The number of halogens is 2. The molecule has 2 aromatic carbocycles. The van der Waals surface area contributed by atoms with Crippen molar-refractivity contribution in [2.45, 2.75) is 13.5 Å². The van der Waals surface area contributed by atoms with Crippen LogP contribution in [0.2, 0.25) is 0 Å². The first-order valence-electron chi connectivity index (χ1n) is 9.72. The van der Waals surface area contributed by atoms with Crippen molar-refractivity contribution < 1.29 is 8.78 Å². The van der Waals surface area contributed by atoms with Gasteiger partial charge in [-0.1, -0.05) is 18.2 Å². The molecule has 0 spiro atoms. The average molecular weight is 416 g/mol. The van der Waals surface area contributed by atoms with E-state index >= 15 is 0 Å². The summed E-state index contributed by atoms with van der Waals surface area (Å²) >= 11 is 0. The van der Waals surface area contributed by atoms with Crippen LogP contribution < -0.4 is 5.32 Å². The summed E-state index contributed by atoms with van der Waals surface area (Å²) in [4.78, 5) is 12.6. The minimum absolute atomic E-state index is 0.153. The molecular formula is C23H18F2N6. The Labute approximate surface area is 176 Å². The maximum Gasteiger partial charge on any atom is 0.201 e. The molecule has 31 heavy (non-hydrogen) atoms. The van der Waals surface area contributed by atoms with Crippen molar-refractivity contribution in [3.8, 4) is 22.6 Å². The molecule has 0 saturated heterocycles. The van der Waals surface area contributed by atoms with Gasteiger partial charge in [-0.3, -0.25) is 10.1 Å². The van der Waals surface area contributed by atoms with Crippen LogP contribution >= 0.6 is 0 Å². The number of aryl methyl sites for hydroxylation is 1. The normalized spacial score (nSPS) is 11.2. The van der Waals surface area contributed by atoms with Crippen LogP contribution in [0.1, 0.15) is 11.3 Å². The standard InChI is InChI=1S/C23H18F2N6/c1-13-3-2-4-20(28-13)22-21(14-6-8-19-16(9-14)12-27-31-19)29-23(30-22)26-11-15-5-7-17(24)10-18(15)25/h2-10,12H,11H2,1H3,(H,27,31)(H2,26,29,30). The molecule has 3 aromatic heterocycles. The van der Waals surface area contributed by atoms with E-state index in [1.54, 1.807) is 6.20 Å². The predicted molar refractivity (Wildman–Crippen MR) is 115 cm³/mol. The van der Waals surface area contributed by atoms with Gasteiger partial charge in [-0.05, 0) is 37.3 Å². The summed E-state index contributed by atoms with van der Waals surface area (Å²) in [5.74, 6) is -0.751. The lowest BCUT2D eigenvalue weighted by Crippen LogP contribution is -2.03. The Morgan fingerprint density at radius 2 is 1.90 bits per heavy atom. The molecule has 0 saturated carbocycles. The first kappa shape index (κ1) is 18.9. The Morgan fingerprint density at radius 1 is 1.00 bits per heavy atom. The van der Waals surface area contributed by atoms with Crippen LogP contribution in [0.15, 0.2) is 60.8 Å². The highest BCUT2D eigenvalue weighted by Gasteiger charge is 2.16. The van der Waals surface area contributed by atoms with E-state index in [-0.39, 0.29) is 6.54 Å². The zero-order valence-corrected chi connectivity index (χ0v) is 16.6. The summed E-state index contributed by atoms with van der Waals surface area (Å²) in [6, 6.07) is 15.2. The third kappa shape index (κ3) is 3.75. The minimum atomic E-state index is -0.607. The van der Waals surface area contributed by atoms with Gasteiger partial charge in [-0.25, -0.2) is 13.8 Å². The molecule has 0 aliphatic rings. The highest BCUT2D eigenvalue weighted by Crippen LogP contribution is 2.32. The Kier molecular flexibility index (Phi) is 4.66. The summed E-state index contributed by atoms with van der Waals surface area (Å²) < 4.78 is 27.2. The summed E-state index contributed by atoms with van der Waals surface area (Å²) in [7, 11) is 0. The van der Waals surface area contributed by atoms with Crippen LogP contribution in [0.5, 0.6) is 0 Å². The van der Waals surface area contributed by atoms with Gasteiger partial charge >= 0.3 is 0 Å². The molecule has 0 aliphatic heterocycles. The van der Waals surface area contributed by atoms with Crippen LogP contribution in [0.25, 0.3) is 33.5 Å². The molecular weight excluding hydrogens is 398 g/mol. The lowest BCUT2D eigenvalue weighted by Gasteiger charge is -2.04. The van der Waals surface area contributed by atoms with Crippen molar-refractivity contribution in [1.29, 1.82) is 0 Å². The molecule has 3 N–H and O–H groups in total. The van der Waals surface area contributed by atoms with Crippen LogP contribution in [0.4, 0.5) is 14.7 Å². The van der Waals surface area contributed by atoms with Gasteiger partial charge < -0.3 is 10.3 Å². The number of aromatic amines is 2. The maximum atomic E-state index is 14.0. The second-order valence-corrected chi connectivity index (χ2v) is 7.23. The number of aromatic nitrogens is 5. The van der Waals surface area contributed by atoms with Crippen molar-refractivity contribution in [3.63, 3.8) is 0 Å². The first-order valence-corrected chi connectivity index (χ1v) is 9.72. The molecule has 0 fully saturated rings. The lowest BCUT2D eigenvalue weighted by atomic mass is 10.1. The summed E-state index contributed by atoms with van der Waals surface area (Å²) in [5.41, 5.74) is 5.25. The third-order valence-corrected chi connectivity index (χ3v) is 5.02. The number of imidazole rings is 1. The van der Waals surface area contributed by atoms with Crippen molar-refractivity contribution in [3.05, 3.63) is 83.7 Å². The molecule has 5 aromatic rings. The predicted octanol–water partition coefficient (Wildman–Crippen LogP) is 5.21. The fourth-order valence-corrected chi connectivity index (χ4v) is 3.47. The lowest BCUT2D eigenvalue weighted by molar-refractivity contribution is 0.574. The van der Waals surface area contributed by atoms with Crippen LogP contribution in [0, 0.1) is 18.6 Å². The fourth-order valence-electron chi connectivity index (χ4n) is 3.47. The van der Waals surface area contributed by atoms with Gasteiger partial charge in [0, 0.05) is 34.8 Å². The Hall–Kier alpha value is -4.07. The number of benzene rings is 2. The number of anilines is 1. The van der Waals surface area contributed by atoms with Crippen LogP contribution in [0.3, 0.4) is 0 Å². The van der Waals surface area contributed by atoms with Crippen LogP contribution in [-0.4, -0.2) is 25.1 Å². The highest BCUT2D eigenvalue weighted by molar-refractivity contribution is 5.87. The van der Waals surface area contributed by atoms with E-state index in [9.17, 15) is 8.78 Å². The zero-order chi connectivity index (χ0) is 21.4. The highest BCUT2D eigenvalue weighted by atomic mass is 19.1. The largest absolute Gasteiger partial charge is 0.352 e. The van der Waals surface area contributed by atoms with Gasteiger partial charge in [0.25, 0.3) is 0 Å². The maximum absolute atomic E-state index is 14.0. The quantitative estimate of drug-likeness (QED) is 0.367. The molecule has 0 unspecified atom stereocenters. The fraction of sp³-hybridized carbons (Fsp3) is 0.0870. The molecule has 6 nitrogen and oxygen atoms in total. The van der Waals surface area contributed by atoms with Crippen molar-refractivity contribution >= 4 is 16.9 Å². The molecule has 0 radical (unpaired) electrons. The number of hydrogen-bond acceptors (Lipinski definition) is 4.